The summed E-state index contributed by atoms with van der Waals surface area (Å²) < 4.78 is 17.9. The van der Waals surface area contributed by atoms with Crippen LogP contribution in [0.4, 0.5) is 4.39 Å². The van der Waals surface area contributed by atoms with Gasteiger partial charge >= 0.3 is 0 Å². The summed E-state index contributed by atoms with van der Waals surface area (Å²) in [5.74, 6) is -0.244. The largest absolute Gasteiger partial charge is 1.00 e. The van der Waals surface area contributed by atoms with E-state index in [-0.39, 0.29) is 24.0 Å². The molecule has 0 bridgehead atoms. The van der Waals surface area contributed by atoms with Crippen molar-refractivity contribution in [3.8, 4) is 0 Å². The number of hydrogen-bond donors (Lipinski definition) is 0. The molecule has 0 unspecified atom stereocenters. The van der Waals surface area contributed by atoms with Crippen LogP contribution in [0.3, 0.4) is 0 Å². The molecule has 0 radical (unpaired) electrons. The Labute approximate surface area is 112 Å². The van der Waals surface area contributed by atoms with E-state index >= 15 is 0 Å². The number of rotatable bonds is 4. The molecule has 0 saturated carbocycles. The predicted molar refractivity (Wildman–Crippen MR) is 62.6 cm³/mol. The van der Waals surface area contributed by atoms with Crippen molar-refractivity contribution in [1.82, 2.24) is 4.90 Å². The lowest BCUT2D eigenvalue weighted by molar-refractivity contribution is -0.0000127. The number of ketones is 1. The number of nitrogens with zero attached hydrogens (tertiary/aromatic N) is 1. The van der Waals surface area contributed by atoms with Crippen molar-refractivity contribution < 1.29 is 26.3 Å². The lowest BCUT2D eigenvalue weighted by Gasteiger charge is -2.26. The molecule has 1 aliphatic heterocycles. The first-order valence-electron chi connectivity index (χ1n) is 5.84. The molecule has 0 spiro atoms. The first-order chi connectivity index (χ1) is 8.25. The molecular formula is C13H16ClFNO2-. The van der Waals surface area contributed by atoms with Crippen molar-refractivity contribution in [2.75, 3.05) is 32.8 Å². The van der Waals surface area contributed by atoms with Crippen LogP contribution >= 0.6 is 0 Å². The van der Waals surface area contributed by atoms with Gasteiger partial charge in [-0.15, -0.1) is 0 Å². The summed E-state index contributed by atoms with van der Waals surface area (Å²) >= 11 is 0. The second-order valence-corrected chi connectivity index (χ2v) is 4.13. The fourth-order valence-corrected chi connectivity index (χ4v) is 1.86. The quantitative estimate of drug-likeness (QED) is 0.641. The van der Waals surface area contributed by atoms with Crippen LogP contribution < -0.4 is 12.4 Å². The Morgan fingerprint density at radius 2 is 1.83 bits per heavy atom. The third kappa shape index (κ3) is 4.37. The maximum atomic E-state index is 12.7. The molecule has 0 amide bonds. The summed E-state index contributed by atoms with van der Waals surface area (Å²) in [7, 11) is 0. The van der Waals surface area contributed by atoms with Gasteiger partial charge in [-0.1, -0.05) is 0 Å². The molecule has 1 aromatic carbocycles. The fraction of sp³-hybridized carbons (Fsp3) is 0.462. The second-order valence-electron chi connectivity index (χ2n) is 4.13. The molecule has 1 saturated heterocycles. The first-order valence-corrected chi connectivity index (χ1v) is 5.84. The summed E-state index contributed by atoms with van der Waals surface area (Å²) in [5.41, 5.74) is 0.583. The number of carbonyl (C=O) groups excluding carboxylic acids is 1. The summed E-state index contributed by atoms with van der Waals surface area (Å²) in [5, 5.41) is 0. The maximum absolute atomic E-state index is 12.7. The molecule has 1 aromatic rings. The minimum absolute atomic E-state index is 0. The van der Waals surface area contributed by atoms with Crippen molar-refractivity contribution in [3.05, 3.63) is 35.6 Å². The van der Waals surface area contributed by atoms with E-state index in [4.69, 9.17) is 4.74 Å². The molecule has 1 fully saturated rings. The van der Waals surface area contributed by atoms with Crippen molar-refractivity contribution in [2.24, 2.45) is 0 Å². The smallest absolute Gasteiger partial charge is 0.164 e. The summed E-state index contributed by atoms with van der Waals surface area (Å²) in [6.07, 6.45) is 0.478. The molecule has 5 heteroatoms. The Kier molecular flexibility index (Phi) is 6.25. The molecule has 100 valence electrons. The monoisotopic (exact) mass is 272 g/mol. The molecule has 0 aliphatic carbocycles. The van der Waals surface area contributed by atoms with Gasteiger partial charge in [-0.3, -0.25) is 9.69 Å². The number of morpholine rings is 1. The highest BCUT2D eigenvalue weighted by Crippen LogP contribution is 2.07. The second kappa shape index (κ2) is 7.46. The average Bonchev–Trinajstić information content (AvgIpc) is 2.38. The highest BCUT2D eigenvalue weighted by Gasteiger charge is 2.12. The number of hydrogen-bond acceptors (Lipinski definition) is 3. The van der Waals surface area contributed by atoms with Gasteiger partial charge in [-0.05, 0) is 24.3 Å². The van der Waals surface area contributed by atoms with Crippen LogP contribution in [-0.4, -0.2) is 43.5 Å². The Morgan fingerprint density at radius 1 is 1.22 bits per heavy atom. The Morgan fingerprint density at radius 3 is 2.44 bits per heavy atom. The van der Waals surface area contributed by atoms with E-state index < -0.39 is 0 Å². The van der Waals surface area contributed by atoms with Crippen LogP contribution in [0.15, 0.2) is 24.3 Å². The maximum Gasteiger partial charge on any atom is 0.164 e. The summed E-state index contributed by atoms with van der Waals surface area (Å²) in [6.45, 7) is 4.00. The van der Waals surface area contributed by atoms with Crippen LogP contribution in [0.5, 0.6) is 0 Å². The van der Waals surface area contributed by atoms with Crippen LogP contribution in [-0.2, 0) is 4.74 Å². The van der Waals surface area contributed by atoms with Crippen LogP contribution in [0.2, 0.25) is 0 Å². The van der Waals surface area contributed by atoms with E-state index in [1.165, 1.54) is 24.3 Å². The van der Waals surface area contributed by atoms with Crippen molar-refractivity contribution in [1.29, 1.82) is 0 Å². The van der Waals surface area contributed by atoms with E-state index in [1.807, 2.05) is 0 Å². The highest BCUT2D eigenvalue weighted by molar-refractivity contribution is 5.96. The lowest BCUT2D eigenvalue weighted by atomic mass is 10.1. The summed E-state index contributed by atoms with van der Waals surface area (Å²) in [6, 6.07) is 5.72. The van der Waals surface area contributed by atoms with E-state index in [2.05, 4.69) is 4.90 Å². The molecule has 3 nitrogen and oxygen atoms in total. The van der Waals surface area contributed by atoms with Crippen molar-refractivity contribution in [2.45, 2.75) is 6.42 Å². The van der Waals surface area contributed by atoms with Gasteiger partial charge in [0.1, 0.15) is 5.82 Å². The number of benzene rings is 1. The Balaban J connectivity index is 0.00000162. The van der Waals surface area contributed by atoms with Gasteiger partial charge < -0.3 is 17.1 Å². The molecular weight excluding hydrogens is 257 g/mol. The molecule has 2 rings (SSSR count). The highest BCUT2D eigenvalue weighted by atomic mass is 35.5. The van der Waals surface area contributed by atoms with Gasteiger partial charge in [0.25, 0.3) is 0 Å². The van der Waals surface area contributed by atoms with E-state index in [0.29, 0.717) is 12.0 Å². The molecule has 1 aliphatic rings. The number of ether oxygens (including phenoxy) is 1. The Bertz CT molecular complexity index is 377. The molecule has 0 atom stereocenters. The van der Waals surface area contributed by atoms with Crippen molar-refractivity contribution >= 4 is 5.78 Å². The van der Waals surface area contributed by atoms with Gasteiger partial charge in [0.2, 0.25) is 0 Å². The topological polar surface area (TPSA) is 29.5 Å². The number of halogens is 2. The molecule has 1 heterocycles. The average molecular weight is 273 g/mol. The Hall–Kier alpha value is -0.970. The lowest BCUT2D eigenvalue weighted by Crippen LogP contribution is -3.00. The van der Waals surface area contributed by atoms with Gasteiger partial charge in [0, 0.05) is 31.6 Å². The van der Waals surface area contributed by atoms with Gasteiger partial charge in [-0.25, -0.2) is 4.39 Å². The predicted octanol–water partition coefficient (Wildman–Crippen LogP) is -1.27. The van der Waals surface area contributed by atoms with Gasteiger partial charge in [-0.2, -0.15) is 0 Å². The molecule has 0 aromatic heterocycles. The fourth-order valence-electron chi connectivity index (χ4n) is 1.86. The van der Waals surface area contributed by atoms with Crippen LogP contribution in [0.1, 0.15) is 16.8 Å². The standard InChI is InChI=1S/C13H16FNO2.ClH/c14-12-3-1-11(2-4-12)13(16)5-6-15-7-9-17-10-8-15;/h1-4H,5-10H2;1H/p-1. The minimum atomic E-state index is -0.310. The first kappa shape index (κ1) is 15.1. The molecule has 0 N–H and O–H groups in total. The zero-order chi connectivity index (χ0) is 12.1. The van der Waals surface area contributed by atoms with Crippen LogP contribution in [0, 0.1) is 5.82 Å². The zero-order valence-electron chi connectivity index (χ0n) is 10.1. The SMILES string of the molecule is O=C(CCN1CCOCC1)c1ccc(F)cc1.[Cl-]. The zero-order valence-corrected chi connectivity index (χ0v) is 10.8. The summed E-state index contributed by atoms with van der Waals surface area (Å²) in [4.78, 5) is 14.0. The van der Waals surface area contributed by atoms with Crippen molar-refractivity contribution in [3.63, 3.8) is 0 Å². The molecule has 18 heavy (non-hydrogen) atoms. The van der Waals surface area contributed by atoms with Gasteiger partial charge in [0.15, 0.2) is 5.78 Å². The minimum Gasteiger partial charge on any atom is -1.00 e. The number of carbonyl (C=O) groups is 1. The number of Topliss-reactive ketones (excluding diaryl/α,β-unsaturated/α-hetero) is 1. The van der Waals surface area contributed by atoms with E-state index in [0.717, 1.165) is 32.8 Å². The van der Waals surface area contributed by atoms with Crippen LogP contribution in [0.25, 0.3) is 0 Å². The van der Waals surface area contributed by atoms with E-state index in [9.17, 15) is 9.18 Å². The third-order valence-corrected chi connectivity index (χ3v) is 2.92. The van der Waals surface area contributed by atoms with Gasteiger partial charge in [0.05, 0.1) is 13.2 Å². The third-order valence-electron chi connectivity index (χ3n) is 2.92. The normalized spacial score (nSPS) is 16.1. The van der Waals surface area contributed by atoms with E-state index in [1.54, 1.807) is 0 Å².